The molecule has 0 radical (unpaired) electrons. The lowest BCUT2D eigenvalue weighted by molar-refractivity contribution is -0.384. The van der Waals surface area contributed by atoms with Gasteiger partial charge in [-0.05, 0) is 37.1 Å². The molecule has 0 saturated carbocycles. The Morgan fingerprint density at radius 1 is 1.22 bits per heavy atom. The van der Waals surface area contributed by atoms with Crippen molar-refractivity contribution in [3.63, 3.8) is 0 Å². The van der Waals surface area contributed by atoms with Crippen molar-refractivity contribution in [2.24, 2.45) is 0 Å². The summed E-state index contributed by atoms with van der Waals surface area (Å²) in [6.07, 6.45) is 2.54. The quantitative estimate of drug-likeness (QED) is 0.328. The molecule has 1 heterocycles. The van der Waals surface area contributed by atoms with Crippen LogP contribution in [0.2, 0.25) is 0 Å². The molecule has 0 atom stereocenters. The summed E-state index contributed by atoms with van der Waals surface area (Å²) < 4.78 is 0. The predicted molar refractivity (Wildman–Crippen MR) is 108 cm³/mol. The van der Waals surface area contributed by atoms with Gasteiger partial charge in [-0.15, -0.1) is 11.3 Å². The van der Waals surface area contributed by atoms with Crippen molar-refractivity contribution in [1.82, 2.24) is 4.98 Å². The summed E-state index contributed by atoms with van der Waals surface area (Å²) in [6.45, 7) is 4.11. The lowest BCUT2D eigenvalue weighted by atomic mass is 10.1. The van der Waals surface area contributed by atoms with Crippen molar-refractivity contribution in [3.05, 3.63) is 79.7 Å². The van der Waals surface area contributed by atoms with Crippen LogP contribution in [0.3, 0.4) is 0 Å². The number of benzene rings is 2. The van der Waals surface area contributed by atoms with Crippen molar-refractivity contribution in [2.75, 3.05) is 0 Å². The van der Waals surface area contributed by atoms with E-state index in [4.69, 9.17) is 4.98 Å². The molecule has 6 heteroatoms. The Kier molecular flexibility index (Phi) is 5.43. The number of thiazole rings is 1. The lowest BCUT2D eigenvalue weighted by Crippen LogP contribution is -1.87. The summed E-state index contributed by atoms with van der Waals surface area (Å²) in [7, 11) is 0. The van der Waals surface area contributed by atoms with Crippen molar-refractivity contribution in [1.29, 1.82) is 5.26 Å². The zero-order valence-electron chi connectivity index (χ0n) is 15.0. The van der Waals surface area contributed by atoms with Crippen molar-refractivity contribution in [2.45, 2.75) is 20.3 Å². The van der Waals surface area contributed by atoms with Gasteiger partial charge < -0.3 is 0 Å². The van der Waals surface area contributed by atoms with Gasteiger partial charge in [-0.1, -0.05) is 36.8 Å². The Morgan fingerprint density at radius 3 is 2.44 bits per heavy atom. The number of aryl methyl sites for hydroxylation is 2. The van der Waals surface area contributed by atoms with E-state index in [9.17, 15) is 15.4 Å². The highest BCUT2D eigenvalue weighted by atomic mass is 32.1. The van der Waals surface area contributed by atoms with E-state index in [-0.39, 0.29) is 5.69 Å². The van der Waals surface area contributed by atoms with E-state index in [0.29, 0.717) is 10.6 Å². The fraction of sp³-hybridized carbons (Fsp3) is 0.143. The van der Waals surface area contributed by atoms with E-state index < -0.39 is 4.92 Å². The van der Waals surface area contributed by atoms with Gasteiger partial charge in [0.25, 0.3) is 5.69 Å². The van der Waals surface area contributed by atoms with Gasteiger partial charge in [0.2, 0.25) is 0 Å². The third kappa shape index (κ3) is 4.10. The Balaban J connectivity index is 1.99. The fourth-order valence-electron chi connectivity index (χ4n) is 2.64. The predicted octanol–water partition coefficient (Wildman–Crippen LogP) is 5.65. The number of rotatable bonds is 5. The number of allylic oxidation sites excluding steroid dienone is 1. The molecule has 0 bridgehead atoms. The minimum atomic E-state index is -0.444. The van der Waals surface area contributed by atoms with Gasteiger partial charge >= 0.3 is 0 Å². The number of non-ortho nitro benzene ring substituents is 1. The van der Waals surface area contributed by atoms with Crippen LogP contribution < -0.4 is 0 Å². The summed E-state index contributed by atoms with van der Waals surface area (Å²) in [6, 6.07) is 16.5. The molecule has 0 amide bonds. The number of nitro groups is 1. The number of hydrogen-bond acceptors (Lipinski definition) is 5. The number of nitriles is 1. The van der Waals surface area contributed by atoms with Gasteiger partial charge in [0, 0.05) is 22.6 Å². The molecule has 27 heavy (non-hydrogen) atoms. The molecular weight excluding hydrogens is 358 g/mol. The van der Waals surface area contributed by atoms with Crippen molar-refractivity contribution >= 4 is 28.7 Å². The number of hydrogen-bond donors (Lipinski definition) is 0. The van der Waals surface area contributed by atoms with E-state index in [2.05, 4.69) is 13.0 Å². The first kappa shape index (κ1) is 18.5. The second kappa shape index (κ2) is 7.94. The van der Waals surface area contributed by atoms with Crippen LogP contribution in [0.5, 0.6) is 0 Å². The molecule has 0 unspecified atom stereocenters. The first-order valence-electron chi connectivity index (χ1n) is 8.45. The highest BCUT2D eigenvalue weighted by molar-refractivity contribution is 7.13. The first-order valence-corrected chi connectivity index (χ1v) is 9.27. The highest BCUT2D eigenvalue weighted by Crippen LogP contribution is 2.33. The smallest absolute Gasteiger partial charge is 0.258 e. The van der Waals surface area contributed by atoms with Gasteiger partial charge in [-0.3, -0.25) is 10.1 Å². The van der Waals surface area contributed by atoms with Crippen molar-refractivity contribution < 1.29 is 4.92 Å². The molecule has 1 aromatic heterocycles. The van der Waals surface area contributed by atoms with Crippen LogP contribution in [0, 0.1) is 28.4 Å². The van der Waals surface area contributed by atoms with Crippen LogP contribution >= 0.6 is 11.3 Å². The van der Waals surface area contributed by atoms with Crippen LogP contribution in [0.1, 0.15) is 27.9 Å². The van der Waals surface area contributed by atoms with Crippen molar-refractivity contribution in [3.8, 4) is 17.3 Å². The van der Waals surface area contributed by atoms with Gasteiger partial charge in [0.1, 0.15) is 11.1 Å². The molecule has 0 aliphatic rings. The van der Waals surface area contributed by atoms with E-state index in [1.165, 1.54) is 29.0 Å². The standard InChI is InChI=1S/C21H17N3O2S/c1-3-19-20(16-8-4-14(2)5-9-16)23-21(27-19)17(13-22)12-15-6-10-18(11-7-15)24(25)26/h4-12H,3H2,1-2H3/b17-12+. The lowest BCUT2D eigenvalue weighted by Gasteiger charge is -2.00. The Morgan fingerprint density at radius 2 is 1.89 bits per heavy atom. The summed E-state index contributed by atoms with van der Waals surface area (Å²) in [5.41, 5.74) is 4.32. The topological polar surface area (TPSA) is 79.8 Å². The largest absolute Gasteiger partial charge is 0.269 e. The van der Waals surface area contributed by atoms with Crippen LogP contribution in [-0.2, 0) is 6.42 Å². The zero-order chi connectivity index (χ0) is 19.4. The summed E-state index contributed by atoms with van der Waals surface area (Å²) in [5.74, 6) is 0. The molecule has 5 nitrogen and oxygen atoms in total. The summed E-state index contributed by atoms with van der Waals surface area (Å²) in [5, 5.41) is 21.0. The molecule has 0 spiro atoms. The SMILES string of the molecule is CCc1sc(/C(C#N)=C/c2ccc([N+](=O)[O-])cc2)nc1-c1ccc(C)cc1. The van der Waals surface area contributed by atoms with Gasteiger partial charge in [0.05, 0.1) is 16.2 Å². The maximum Gasteiger partial charge on any atom is 0.269 e. The Hall–Kier alpha value is -3.30. The third-order valence-electron chi connectivity index (χ3n) is 4.11. The van der Waals surface area contributed by atoms with Gasteiger partial charge in [-0.25, -0.2) is 4.98 Å². The molecule has 0 aliphatic carbocycles. The van der Waals surface area contributed by atoms with E-state index in [0.717, 1.165) is 28.1 Å². The van der Waals surface area contributed by atoms with Crippen LogP contribution in [0.15, 0.2) is 48.5 Å². The minimum absolute atomic E-state index is 0.0230. The van der Waals surface area contributed by atoms with E-state index >= 15 is 0 Å². The molecule has 3 rings (SSSR count). The molecule has 3 aromatic rings. The van der Waals surface area contributed by atoms with E-state index in [1.54, 1.807) is 18.2 Å². The highest BCUT2D eigenvalue weighted by Gasteiger charge is 2.15. The second-order valence-electron chi connectivity index (χ2n) is 6.03. The Bertz CT molecular complexity index is 1040. The van der Waals surface area contributed by atoms with Gasteiger partial charge in [-0.2, -0.15) is 5.26 Å². The van der Waals surface area contributed by atoms with E-state index in [1.807, 2.05) is 31.2 Å². The zero-order valence-corrected chi connectivity index (χ0v) is 15.8. The second-order valence-corrected chi connectivity index (χ2v) is 7.11. The monoisotopic (exact) mass is 375 g/mol. The average Bonchev–Trinajstić information content (AvgIpc) is 3.11. The molecule has 0 fully saturated rings. The molecule has 2 aromatic carbocycles. The van der Waals surface area contributed by atoms with Crippen LogP contribution in [-0.4, -0.2) is 9.91 Å². The molecule has 134 valence electrons. The van der Waals surface area contributed by atoms with Crippen LogP contribution in [0.25, 0.3) is 22.9 Å². The first-order chi connectivity index (χ1) is 13.0. The Labute approximate surface area is 161 Å². The minimum Gasteiger partial charge on any atom is -0.258 e. The normalized spacial score (nSPS) is 11.2. The van der Waals surface area contributed by atoms with Crippen LogP contribution in [0.4, 0.5) is 5.69 Å². The summed E-state index contributed by atoms with van der Waals surface area (Å²) in [4.78, 5) is 16.2. The maximum absolute atomic E-state index is 10.8. The van der Waals surface area contributed by atoms with Gasteiger partial charge in [0.15, 0.2) is 0 Å². The average molecular weight is 375 g/mol. The number of nitro benzene ring substituents is 1. The molecule has 0 N–H and O–H groups in total. The molecule has 0 aliphatic heterocycles. The fourth-order valence-corrected chi connectivity index (χ4v) is 3.63. The molecular formula is C21H17N3O2S. The molecule has 0 saturated heterocycles. The summed E-state index contributed by atoms with van der Waals surface area (Å²) >= 11 is 1.51. The number of nitrogens with zero attached hydrogens (tertiary/aromatic N) is 3. The third-order valence-corrected chi connectivity index (χ3v) is 5.34. The maximum atomic E-state index is 10.8. The number of aromatic nitrogens is 1.